The van der Waals surface area contributed by atoms with Crippen LogP contribution >= 0.6 is 11.6 Å². The molecule has 0 unspecified atom stereocenters. The number of hydrogen-bond acceptors (Lipinski definition) is 4. The van der Waals surface area contributed by atoms with Crippen molar-refractivity contribution in [2.45, 2.75) is 20.3 Å². The standard InChI is InChI=1S/C19H19ClN2O4/c1-3-26-19(25)14-6-4-5-7-16(14)22-18(24)11-17(23)21-15-9-8-13(20)10-12(15)2/h4-10H,3,11H2,1-2H3,(H,21,23)(H,22,24). The first-order valence-electron chi connectivity index (χ1n) is 8.02. The molecule has 0 aliphatic heterocycles. The number of amides is 2. The van der Waals surface area contributed by atoms with Gasteiger partial charge in [-0.2, -0.15) is 0 Å². The first-order chi connectivity index (χ1) is 12.4. The summed E-state index contributed by atoms with van der Waals surface area (Å²) >= 11 is 5.88. The molecule has 0 heterocycles. The number of anilines is 2. The van der Waals surface area contributed by atoms with Gasteiger partial charge in [-0.3, -0.25) is 9.59 Å². The first kappa shape index (κ1) is 19.5. The van der Waals surface area contributed by atoms with Gasteiger partial charge in [-0.05, 0) is 49.7 Å². The molecule has 0 atom stereocenters. The normalized spacial score (nSPS) is 10.1. The Morgan fingerprint density at radius 3 is 2.31 bits per heavy atom. The van der Waals surface area contributed by atoms with E-state index in [0.29, 0.717) is 16.4 Å². The zero-order valence-electron chi connectivity index (χ0n) is 14.5. The summed E-state index contributed by atoms with van der Waals surface area (Å²) in [6.07, 6.45) is -0.390. The minimum absolute atomic E-state index is 0.226. The van der Waals surface area contributed by atoms with Gasteiger partial charge in [-0.25, -0.2) is 4.79 Å². The lowest BCUT2D eigenvalue weighted by molar-refractivity contribution is -0.123. The molecule has 136 valence electrons. The number of aryl methyl sites for hydroxylation is 1. The molecule has 0 aromatic heterocycles. The van der Waals surface area contributed by atoms with Crippen LogP contribution in [0.5, 0.6) is 0 Å². The average Bonchev–Trinajstić information content (AvgIpc) is 2.58. The number of rotatable bonds is 6. The van der Waals surface area contributed by atoms with E-state index in [1.54, 1.807) is 56.3 Å². The van der Waals surface area contributed by atoms with E-state index in [1.807, 2.05) is 0 Å². The smallest absolute Gasteiger partial charge is 0.340 e. The number of nitrogens with one attached hydrogen (secondary N) is 2. The van der Waals surface area contributed by atoms with Crippen molar-refractivity contribution in [1.29, 1.82) is 0 Å². The van der Waals surface area contributed by atoms with Gasteiger partial charge in [-0.15, -0.1) is 0 Å². The summed E-state index contributed by atoms with van der Waals surface area (Å²) < 4.78 is 4.95. The van der Waals surface area contributed by atoms with E-state index in [2.05, 4.69) is 10.6 Å². The fraction of sp³-hybridized carbons (Fsp3) is 0.211. The molecule has 0 radical (unpaired) electrons. The number of para-hydroxylation sites is 1. The lowest BCUT2D eigenvalue weighted by atomic mass is 10.1. The van der Waals surface area contributed by atoms with Gasteiger partial charge in [0.25, 0.3) is 0 Å². The minimum atomic E-state index is -0.537. The molecular formula is C19H19ClN2O4. The van der Waals surface area contributed by atoms with Crippen molar-refractivity contribution in [2.75, 3.05) is 17.2 Å². The number of carbonyl (C=O) groups is 3. The number of benzene rings is 2. The fourth-order valence-corrected chi connectivity index (χ4v) is 2.51. The number of halogens is 1. The molecule has 0 fully saturated rings. The molecule has 6 nitrogen and oxygen atoms in total. The van der Waals surface area contributed by atoms with Gasteiger partial charge in [-0.1, -0.05) is 23.7 Å². The molecule has 2 aromatic carbocycles. The highest BCUT2D eigenvalue weighted by atomic mass is 35.5. The van der Waals surface area contributed by atoms with E-state index < -0.39 is 17.8 Å². The summed E-state index contributed by atoms with van der Waals surface area (Å²) in [5.41, 5.74) is 1.90. The first-order valence-corrected chi connectivity index (χ1v) is 8.40. The van der Waals surface area contributed by atoms with Crippen LogP contribution in [0, 0.1) is 6.92 Å². The number of ether oxygens (including phenoxy) is 1. The van der Waals surface area contributed by atoms with Gasteiger partial charge in [0.05, 0.1) is 17.9 Å². The van der Waals surface area contributed by atoms with Crippen LogP contribution in [0.1, 0.15) is 29.3 Å². The summed E-state index contributed by atoms with van der Waals surface area (Å²) in [6, 6.07) is 11.5. The third-order valence-corrected chi connectivity index (χ3v) is 3.72. The van der Waals surface area contributed by atoms with Crippen LogP contribution in [0.4, 0.5) is 11.4 Å². The summed E-state index contributed by atoms with van der Waals surface area (Å²) in [5.74, 6) is -1.54. The van der Waals surface area contributed by atoms with Crippen molar-refractivity contribution in [2.24, 2.45) is 0 Å². The monoisotopic (exact) mass is 374 g/mol. The zero-order valence-corrected chi connectivity index (χ0v) is 15.2. The topological polar surface area (TPSA) is 84.5 Å². The highest BCUT2D eigenvalue weighted by molar-refractivity contribution is 6.30. The zero-order chi connectivity index (χ0) is 19.1. The SMILES string of the molecule is CCOC(=O)c1ccccc1NC(=O)CC(=O)Nc1ccc(Cl)cc1C. The Balaban J connectivity index is 2.00. The predicted molar refractivity (Wildman–Crippen MR) is 100 cm³/mol. The van der Waals surface area contributed by atoms with Gasteiger partial charge in [0.1, 0.15) is 6.42 Å². The fourth-order valence-electron chi connectivity index (χ4n) is 2.28. The molecule has 0 bridgehead atoms. The van der Waals surface area contributed by atoms with Gasteiger partial charge in [0.15, 0.2) is 0 Å². The second-order valence-corrected chi connectivity index (χ2v) is 5.93. The van der Waals surface area contributed by atoms with Crippen LogP contribution in [0.3, 0.4) is 0 Å². The Morgan fingerprint density at radius 2 is 1.65 bits per heavy atom. The summed E-state index contributed by atoms with van der Waals surface area (Å²) in [5, 5.41) is 5.79. The Kier molecular flexibility index (Phi) is 6.74. The molecule has 2 amide bonds. The van der Waals surface area contributed by atoms with Crippen molar-refractivity contribution in [1.82, 2.24) is 0 Å². The van der Waals surface area contributed by atoms with Gasteiger partial charge >= 0.3 is 5.97 Å². The average molecular weight is 375 g/mol. The van der Waals surface area contributed by atoms with Gasteiger partial charge in [0, 0.05) is 10.7 Å². The maximum absolute atomic E-state index is 12.1. The molecule has 7 heteroatoms. The second kappa shape index (κ2) is 9.01. The largest absolute Gasteiger partial charge is 0.462 e. The van der Waals surface area contributed by atoms with E-state index >= 15 is 0 Å². The van der Waals surface area contributed by atoms with Crippen molar-refractivity contribution in [3.63, 3.8) is 0 Å². The molecule has 2 N–H and O–H groups in total. The highest BCUT2D eigenvalue weighted by Gasteiger charge is 2.16. The third-order valence-electron chi connectivity index (χ3n) is 3.48. The number of esters is 1. The number of hydrogen-bond donors (Lipinski definition) is 2. The van der Waals surface area contributed by atoms with Crippen LogP contribution in [0.25, 0.3) is 0 Å². The third kappa shape index (κ3) is 5.32. The van der Waals surface area contributed by atoms with Crippen molar-refractivity contribution in [3.8, 4) is 0 Å². The minimum Gasteiger partial charge on any atom is -0.462 e. The van der Waals surface area contributed by atoms with Crippen LogP contribution in [0.15, 0.2) is 42.5 Å². The van der Waals surface area contributed by atoms with Crippen molar-refractivity contribution in [3.05, 3.63) is 58.6 Å². The maximum Gasteiger partial charge on any atom is 0.340 e. The Morgan fingerprint density at radius 1 is 1.00 bits per heavy atom. The van der Waals surface area contributed by atoms with E-state index in [1.165, 1.54) is 0 Å². The van der Waals surface area contributed by atoms with Crippen LogP contribution in [-0.4, -0.2) is 24.4 Å². The van der Waals surface area contributed by atoms with Gasteiger partial charge < -0.3 is 15.4 Å². The lowest BCUT2D eigenvalue weighted by Gasteiger charge is -2.11. The lowest BCUT2D eigenvalue weighted by Crippen LogP contribution is -2.22. The summed E-state index contributed by atoms with van der Waals surface area (Å²) in [6.45, 7) is 3.73. The number of carbonyl (C=O) groups excluding carboxylic acids is 3. The molecular weight excluding hydrogens is 356 g/mol. The van der Waals surface area contributed by atoms with E-state index in [9.17, 15) is 14.4 Å². The Bertz CT molecular complexity index is 836. The Labute approximate surface area is 156 Å². The molecule has 0 aliphatic rings. The molecule has 0 spiro atoms. The van der Waals surface area contributed by atoms with Crippen LogP contribution in [0.2, 0.25) is 5.02 Å². The van der Waals surface area contributed by atoms with E-state index in [0.717, 1.165) is 5.56 Å². The molecule has 26 heavy (non-hydrogen) atoms. The molecule has 0 aliphatic carbocycles. The van der Waals surface area contributed by atoms with E-state index in [4.69, 9.17) is 16.3 Å². The summed E-state index contributed by atoms with van der Waals surface area (Å²) in [7, 11) is 0. The van der Waals surface area contributed by atoms with Crippen molar-refractivity contribution >= 4 is 40.8 Å². The molecule has 0 saturated heterocycles. The van der Waals surface area contributed by atoms with Crippen molar-refractivity contribution < 1.29 is 19.1 Å². The highest BCUT2D eigenvalue weighted by Crippen LogP contribution is 2.20. The summed E-state index contributed by atoms with van der Waals surface area (Å²) in [4.78, 5) is 36.1. The molecule has 2 rings (SSSR count). The van der Waals surface area contributed by atoms with Gasteiger partial charge in [0.2, 0.25) is 11.8 Å². The predicted octanol–water partition coefficient (Wildman–Crippen LogP) is 3.79. The molecule has 0 saturated carbocycles. The van der Waals surface area contributed by atoms with Crippen LogP contribution < -0.4 is 10.6 Å². The maximum atomic E-state index is 12.1. The molecule has 2 aromatic rings. The van der Waals surface area contributed by atoms with E-state index in [-0.39, 0.29) is 18.6 Å². The van der Waals surface area contributed by atoms with Crippen LogP contribution in [-0.2, 0) is 14.3 Å². The quantitative estimate of drug-likeness (QED) is 0.595. The second-order valence-electron chi connectivity index (χ2n) is 5.50. The Hall–Kier alpha value is -2.86.